The molecule has 4 heteroatoms. The topological polar surface area (TPSA) is 44.5 Å². The average molecular weight is 270 g/mol. The van der Waals surface area contributed by atoms with Crippen molar-refractivity contribution in [2.45, 2.75) is 38.3 Å². The Morgan fingerprint density at radius 1 is 1.56 bits per heavy atom. The number of benzene rings is 1. The Bertz CT molecular complexity index is 389. The SMILES string of the molecule is CC(N)Cc1cc(Cl)ccc1OC1CCCOC1. The predicted molar refractivity (Wildman–Crippen MR) is 73.3 cm³/mol. The molecule has 2 N–H and O–H groups in total. The van der Waals surface area contributed by atoms with Crippen LogP contribution < -0.4 is 10.5 Å². The third-order valence-electron chi connectivity index (χ3n) is 2.98. The van der Waals surface area contributed by atoms with Gasteiger partial charge in [-0.05, 0) is 49.9 Å². The standard InChI is InChI=1S/C14H20ClNO2/c1-10(16)7-11-8-12(15)4-5-14(11)18-13-3-2-6-17-9-13/h4-5,8,10,13H,2-3,6-7,9,16H2,1H3. The minimum absolute atomic E-state index is 0.0911. The number of ether oxygens (including phenoxy) is 2. The number of halogens is 1. The first-order valence-electron chi connectivity index (χ1n) is 6.43. The zero-order valence-corrected chi connectivity index (χ0v) is 11.5. The van der Waals surface area contributed by atoms with Crippen molar-refractivity contribution in [2.75, 3.05) is 13.2 Å². The number of hydrogen-bond acceptors (Lipinski definition) is 3. The molecule has 2 unspecified atom stereocenters. The van der Waals surface area contributed by atoms with Crippen molar-refractivity contribution in [3.8, 4) is 5.75 Å². The van der Waals surface area contributed by atoms with Crippen molar-refractivity contribution >= 4 is 11.6 Å². The highest BCUT2D eigenvalue weighted by molar-refractivity contribution is 6.30. The van der Waals surface area contributed by atoms with Crippen LogP contribution in [-0.4, -0.2) is 25.4 Å². The fraction of sp³-hybridized carbons (Fsp3) is 0.571. The van der Waals surface area contributed by atoms with E-state index < -0.39 is 0 Å². The second-order valence-electron chi connectivity index (χ2n) is 4.89. The summed E-state index contributed by atoms with van der Waals surface area (Å²) in [7, 11) is 0. The minimum Gasteiger partial charge on any atom is -0.488 e. The summed E-state index contributed by atoms with van der Waals surface area (Å²) in [4.78, 5) is 0. The van der Waals surface area contributed by atoms with E-state index in [4.69, 9.17) is 26.8 Å². The molecule has 1 aliphatic heterocycles. The van der Waals surface area contributed by atoms with Crippen LogP contribution in [0.2, 0.25) is 5.02 Å². The van der Waals surface area contributed by atoms with Gasteiger partial charge in [0.2, 0.25) is 0 Å². The lowest BCUT2D eigenvalue weighted by Crippen LogP contribution is -2.28. The lowest BCUT2D eigenvalue weighted by atomic mass is 10.1. The Labute approximate surface area is 113 Å². The van der Waals surface area contributed by atoms with E-state index >= 15 is 0 Å². The Hall–Kier alpha value is -0.770. The van der Waals surface area contributed by atoms with Gasteiger partial charge < -0.3 is 15.2 Å². The third kappa shape index (κ3) is 3.87. The highest BCUT2D eigenvalue weighted by Gasteiger charge is 2.17. The summed E-state index contributed by atoms with van der Waals surface area (Å²) in [6.07, 6.45) is 3.01. The molecule has 2 atom stereocenters. The summed E-state index contributed by atoms with van der Waals surface area (Å²) in [5, 5.41) is 0.720. The summed E-state index contributed by atoms with van der Waals surface area (Å²) in [6, 6.07) is 5.80. The first kappa shape index (κ1) is 13.7. The fourth-order valence-electron chi connectivity index (χ4n) is 2.15. The molecule has 1 saturated heterocycles. The molecule has 0 amide bonds. The zero-order chi connectivity index (χ0) is 13.0. The van der Waals surface area contributed by atoms with E-state index in [0.717, 1.165) is 42.2 Å². The maximum absolute atomic E-state index is 6.02. The first-order valence-corrected chi connectivity index (χ1v) is 6.81. The van der Waals surface area contributed by atoms with Crippen LogP contribution in [0.1, 0.15) is 25.3 Å². The van der Waals surface area contributed by atoms with Gasteiger partial charge in [0.15, 0.2) is 0 Å². The van der Waals surface area contributed by atoms with Crippen molar-refractivity contribution in [2.24, 2.45) is 5.73 Å². The van der Waals surface area contributed by atoms with Crippen molar-refractivity contribution in [3.63, 3.8) is 0 Å². The Morgan fingerprint density at radius 3 is 3.06 bits per heavy atom. The van der Waals surface area contributed by atoms with Crippen LogP contribution in [0.4, 0.5) is 0 Å². The molecule has 1 aromatic rings. The first-order chi connectivity index (χ1) is 8.65. The quantitative estimate of drug-likeness (QED) is 0.914. The largest absolute Gasteiger partial charge is 0.488 e. The van der Waals surface area contributed by atoms with E-state index in [2.05, 4.69) is 0 Å². The van der Waals surface area contributed by atoms with Gasteiger partial charge >= 0.3 is 0 Å². The molecule has 3 nitrogen and oxygen atoms in total. The van der Waals surface area contributed by atoms with Crippen LogP contribution in [0.15, 0.2) is 18.2 Å². The Kier molecular flexibility index (Phi) is 4.87. The van der Waals surface area contributed by atoms with Crippen LogP contribution in [0, 0.1) is 0 Å². The van der Waals surface area contributed by atoms with Crippen LogP contribution in [0.5, 0.6) is 5.75 Å². The van der Waals surface area contributed by atoms with Crippen molar-refractivity contribution in [1.29, 1.82) is 0 Å². The van der Waals surface area contributed by atoms with Crippen molar-refractivity contribution in [1.82, 2.24) is 0 Å². The van der Waals surface area contributed by atoms with E-state index in [-0.39, 0.29) is 12.1 Å². The maximum Gasteiger partial charge on any atom is 0.123 e. The highest BCUT2D eigenvalue weighted by atomic mass is 35.5. The Morgan fingerprint density at radius 2 is 2.39 bits per heavy atom. The fourth-order valence-corrected chi connectivity index (χ4v) is 2.35. The van der Waals surface area contributed by atoms with E-state index in [1.807, 2.05) is 25.1 Å². The van der Waals surface area contributed by atoms with Gasteiger partial charge in [-0.3, -0.25) is 0 Å². The van der Waals surface area contributed by atoms with E-state index in [1.165, 1.54) is 0 Å². The normalized spacial score (nSPS) is 21.6. The van der Waals surface area contributed by atoms with Gasteiger partial charge in [0.05, 0.1) is 6.61 Å². The molecular formula is C14H20ClNO2. The van der Waals surface area contributed by atoms with Gasteiger partial charge in [-0.2, -0.15) is 0 Å². The van der Waals surface area contributed by atoms with Crippen LogP contribution in [-0.2, 0) is 11.2 Å². The van der Waals surface area contributed by atoms with Crippen LogP contribution in [0.3, 0.4) is 0 Å². The monoisotopic (exact) mass is 269 g/mol. The molecule has 2 rings (SSSR count). The van der Waals surface area contributed by atoms with E-state index in [0.29, 0.717) is 6.61 Å². The van der Waals surface area contributed by atoms with E-state index in [1.54, 1.807) is 0 Å². The maximum atomic E-state index is 6.02. The highest BCUT2D eigenvalue weighted by Crippen LogP contribution is 2.26. The molecule has 18 heavy (non-hydrogen) atoms. The van der Waals surface area contributed by atoms with Gasteiger partial charge in [0, 0.05) is 17.7 Å². The summed E-state index contributed by atoms with van der Waals surface area (Å²) >= 11 is 6.02. The van der Waals surface area contributed by atoms with Crippen LogP contribution in [0.25, 0.3) is 0 Å². The third-order valence-corrected chi connectivity index (χ3v) is 3.21. The van der Waals surface area contributed by atoms with Gasteiger partial charge in [-0.25, -0.2) is 0 Å². The van der Waals surface area contributed by atoms with Gasteiger partial charge in [-0.1, -0.05) is 11.6 Å². The van der Waals surface area contributed by atoms with Gasteiger partial charge in [0.25, 0.3) is 0 Å². The summed E-state index contributed by atoms with van der Waals surface area (Å²) in [5.41, 5.74) is 6.93. The second-order valence-corrected chi connectivity index (χ2v) is 5.33. The minimum atomic E-state index is 0.0911. The average Bonchev–Trinajstić information content (AvgIpc) is 2.33. The molecule has 1 fully saturated rings. The molecule has 0 aliphatic carbocycles. The number of rotatable bonds is 4. The summed E-state index contributed by atoms with van der Waals surface area (Å²) < 4.78 is 11.4. The Balaban J connectivity index is 2.09. The predicted octanol–water partition coefficient (Wildman–Crippen LogP) is 2.79. The molecule has 1 aliphatic rings. The van der Waals surface area contributed by atoms with Crippen molar-refractivity contribution < 1.29 is 9.47 Å². The molecule has 0 spiro atoms. The van der Waals surface area contributed by atoms with Crippen molar-refractivity contribution in [3.05, 3.63) is 28.8 Å². The molecule has 1 heterocycles. The second kappa shape index (κ2) is 6.41. The summed E-state index contributed by atoms with van der Waals surface area (Å²) in [5.74, 6) is 0.882. The van der Waals surface area contributed by atoms with Gasteiger partial charge in [-0.15, -0.1) is 0 Å². The molecular weight excluding hydrogens is 250 g/mol. The molecule has 0 bridgehead atoms. The molecule has 0 radical (unpaired) electrons. The summed E-state index contributed by atoms with van der Waals surface area (Å²) in [6.45, 7) is 3.49. The molecule has 1 aromatic carbocycles. The lowest BCUT2D eigenvalue weighted by Gasteiger charge is -2.25. The van der Waals surface area contributed by atoms with Gasteiger partial charge in [0.1, 0.15) is 11.9 Å². The lowest BCUT2D eigenvalue weighted by molar-refractivity contribution is 0.00702. The van der Waals surface area contributed by atoms with Crippen LogP contribution >= 0.6 is 11.6 Å². The van der Waals surface area contributed by atoms with E-state index in [9.17, 15) is 0 Å². The molecule has 100 valence electrons. The molecule has 0 aromatic heterocycles. The zero-order valence-electron chi connectivity index (χ0n) is 10.7. The number of nitrogens with two attached hydrogens (primary N) is 1. The number of hydrogen-bond donors (Lipinski definition) is 1. The molecule has 0 saturated carbocycles. The smallest absolute Gasteiger partial charge is 0.123 e.